The molecule has 3 rings (SSSR count). The lowest BCUT2D eigenvalue weighted by Crippen LogP contribution is -2.26. The van der Waals surface area contributed by atoms with E-state index in [4.69, 9.17) is 5.11 Å². The van der Waals surface area contributed by atoms with Gasteiger partial charge in [-0.1, -0.05) is 43.7 Å². The van der Waals surface area contributed by atoms with E-state index < -0.39 is 5.97 Å². The van der Waals surface area contributed by atoms with Gasteiger partial charge in [0.05, 0.1) is 5.56 Å². The third-order valence-corrected chi connectivity index (χ3v) is 6.68. The van der Waals surface area contributed by atoms with Crippen LogP contribution in [0.25, 0.3) is 0 Å². The van der Waals surface area contributed by atoms with Crippen LogP contribution in [0.1, 0.15) is 65.4 Å². The van der Waals surface area contributed by atoms with Crippen molar-refractivity contribution >= 4 is 34.1 Å². The first-order valence-corrected chi connectivity index (χ1v) is 11.3. The summed E-state index contributed by atoms with van der Waals surface area (Å²) in [6.45, 7) is 2.61. The minimum Gasteiger partial charge on any atom is -0.481 e. The largest absolute Gasteiger partial charge is 0.481 e. The molecule has 1 aromatic heterocycles. The summed E-state index contributed by atoms with van der Waals surface area (Å²) in [4.78, 5) is 37.3. The van der Waals surface area contributed by atoms with Crippen LogP contribution < -0.4 is 10.6 Å². The minimum atomic E-state index is -0.916. The predicted molar refractivity (Wildman–Crippen MR) is 118 cm³/mol. The van der Waals surface area contributed by atoms with E-state index in [0.717, 1.165) is 36.8 Å². The Kier molecular flexibility index (Phi) is 7.63. The molecule has 0 bridgehead atoms. The second-order valence-electron chi connectivity index (χ2n) is 7.69. The SMILES string of the molecule is CC[C@@H]1CCc2c(sc(NC(=O)CCCC(=O)O)c2C(=O)NCc2ccccc2)C1. The Hall–Kier alpha value is -2.67. The molecule has 0 fully saturated rings. The van der Waals surface area contributed by atoms with Crippen molar-refractivity contribution in [2.75, 3.05) is 5.32 Å². The molecule has 0 spiro atoms. The number of hydrogen-bond donors (Lipinski definition) is 3. The number of carboxylic acid groups (broad SMARTS) is 1. The van der Waals surface area contributed by atoms with E-state index in [-0.39, 0.29) is 31.1 Å². The van der Waals surface area contributed by atoms with Gasteiger partial charge in [0.1, 0.15) is 5.00 Å². The summed E-state index contributed by atoms with van der Waals surface area (Å²) in [5, 5.41) is 15.2. The Morgan fingerprint density at radius 2 is 1.93 bits per heavy atom. The second kappa shape index (κ2) is 10.4. The van der Waals surface area contributed by atoms with Gasteiger partial charge in [0.2, 0.25) is 5.91 Å². The van der Waals surface area contributed by atoms with E-state index in [2.05, 4.69) is 17.6 Å². The van der Waals surface area contributed by atoms with Crippen LogP contribution in [-0.2, 0) is 29.0 Å². The van der Waals surface area contributed by atoms with Crippen molar-refractivity contribution in [2.45, 2.75) is 58.4 Å². The van der Waals surface area contributed by atoms with Crippen molar-refractivity contribution < 1.29 is 19.5 Å². The zero-order valence-corrected chi connectivity index (χ0v) is 18.0. The zero-order chi connectivity index (χ0) is 21.5. The number of nitrogens with one attached hydrogen (secondary N) is 2. The normalized spacial score (nSPS) is 15.3. The fourth-order valence-electron chi connectivity index (χ4n) is 3.79. The van der Waals surface area contributed by atoms with Crippen LogP contribution in [0.15, 0.2) is 30.3 Å². The fourth-order valence-corrected chi connectivity index (χ4v) is 5.16. The van der Waals surface area contributed by atoms with Crippen LogP contribution in [0.5, 0.6) is 0 Å². The van der Waals surface area contributed by atoms with E-state index in [1.165, 1.54) is 16.2 Å². The van der Waals surface area contributed by atoms with Crippen molar-refractivity contribution in [1.29, 1.82) is 0 Å². The summed E-state index contributed by atoms with van der Waals surface area (Å²) in [5.74, 6) is -0.734. The van der Waals surface area contributed by atoms with Gasteiger partial charge in [-0.05, 0) is 42.7 Å². The van der Waals surface area contributed by atoms with Gasteiger partial charge in [0.25, 0.3) is 5.91 Å². The molecule has 1 aromatic carbocycles. The molecule has 30 heavy (non-hydrogen) atoms. The molecule has 3 N–H and O–H groups in total. The molecule has 1 aliphatic carbocycles. The lowest BCUT2D eigenvalue weighted by Gasteiger charge is -2.21. The molecule has 1 aliphatic rings. The van der Waals surface area contributed by atoms with Crippen LogP contribution in [0.4, 0.5) is 5.00 Å². The number of carboxylic acids is 1. The van der Waals surface area contributed by atoms with Crippen molar-refractivity contribution in [3.05, 3.63) is 51.9 Å². The summed E-state index contributed by atoms with van der Waals surface area (Å²) in [6.07, 6.45) is 4.28. The van der Waals surface area contributed by atoms with Crippen LogP contribution in [0.3, 0.4) is 0 Å². The first-order valence-electron chi connectivity index (χ1n) is 10.5. The van der Waals surface area contributed by atoms with Gasteiger partial charge in [-0.2, -0.15) is 0 Å². The Labute approximate surface area is 180 Å². The molecule has 2 aromatic rings. The highest BCUT2D eigenvalue weighted by Crippen LogP contribution is 2.40. The van der Waals surface area contributed by atoms with E-state index >= 15 is 0 Å². The number of carbonyl (C=O) groups is 3. The number of benzene rings is 1. The number of carbonyl (C=O) groups excluding carboxylic acids is 2. The van der Waals surface area contributed by atoms with Crippen LogP contribution in [0, 0.1) is 5.92 Å². The molecule has 160 valence electrons. The highest BCUT2D eigenvalue weighted by molar-refractivity contribution is 7.17. The number of aliphatic carboxylic acids is 1. The maximum atomic E-state index is 13.1. The first kappa shape index (κ1) is 22.0. The maximum Gasteiger partial charge on any atom is 0.303 e. The van der Waals surface area contributed by atoms with Crippen molar-refractivity contribution in [2.24, 2.45) is 5.92 Å². The summed E-state index contributed by atoms with van der Waals surface area (Å²) in [6, 6.07) is 9.71. The molecular formula is C23H28N2O4S. The lowest BCUT2D eigenvalue weighted by atomic mass is 9.85. The molecule has 0 aliphatic heterocycles. The Morgan fingerprint density at radius 1 is 1.17 bits per heavy atom. The molecule has 2 amide bonds. The van der Waals surface area contributed by atoms with E-state index in [0.29, 0.717) is 23.0 Å². The second-order valence-corrected chi connectivity index (χ2v) is 8.79. The lowest BCUT2D eigenvalue weighted by molar-refractivity contribution is -0.137. The topological polar surface area (TPSA) is 95.5 Å². The van der Waals surface area contributed by atoms with Gasteiger partial charge in [-0.25, -0.2) is 0 Å². The zero-order valence-electron chi connectivity index (χ0n) is 17.2. The molecule has 0 unspecified atom stereocenters. The third-order valence-electron chi connectivity index (χ3n) is 5.52. The van der Waals surface area contributed by atoms with E-state index in [9.17, 15) is 14.4 Å². The Bertz CT molecular complexity index is 907. The quantitative estimate of drug-likeness (QED) is 0.552. The molecule has 0 saturated heterocycles. The molecule has 0 saturated carbocycles. The van der Waals surface area contributed by atoms with Crippen LogP contribution in [0.2, 0.25) is 0 Å². The average Bonchev–Trinajstić information content (AvgIpc) is 3.09. The Morgan fingerprint density at radius 3 is 2.63 bits per heavy atom. The number of thiophene rings is 1. The monoisotopic (exact) mass is 428 g/mol. The fraction of sp³-hybridized carbons (Fsp3) is 0.435. The van der Waals surface area contributed by atoms with Gasteiger partial charge in [0.15, 0.2) is 0 Å². The summed E-state index contributed by atoms with van der Waals surface area (Å²) in [5.41, 5.74) is 2.64. The van der Waals surface area contributed by atoms with Gasteiger partial charge >= 0.3 is 5.97 Å². The van der Waals surface area contributed by atoms with Crippen LogP contribution in [-0.4, -0.2) is 22.9 Å². The number of hydrogen-bond acceptors (Lipinski definition) is 4. The van der Waals surface area contributed by atoms with E-state index in [1.807, 2.05) is 30.3 Å². The van der Waals surface area contributed by atoms with Gasteiger partial charge in [-0.3, -0.25) is 14.4 Å². The molecule has 0 radical (unpaired) electrons. The van der Waals surface area contributed by atoms with Crippen molar-refractivity contribution in [3.8, 4) is 0 Å². The molecule has 1 atom stereocenters. The predicted octanol–water partition coefficient (Wildman–Crippen LogP) is 4.39. The molecule has 7 heteroatoms. The van der Waals surface area contributed by atoms with Crippen LogP contribution >= 0.6 is 11.3 Å². The maximum absolute atomic E-state index is 13.1. The first-order chi connectivity index (χ1) is 14.5. The molecule has 6 nitrogen and oxygen atoms in total. The smallest absolute Gasteiger partial charge is 0.303 e. The van der Waals surface area contributed by atoms with Crippen molar-refractivity contribution in [1.82, 2.24) is 5.32 Å². The van der Waals surface area contributed by atoms with Gasteiger partial charge in [-0.15, -0.1) is 11.3 Å². The van der Waals surface area contributed by atoms with Gasteiger partial charge < -0.3 is 15.7 Å². The van der Waals surface area contributed by atoms with E-state index in [1.54, 1.807) is 0 Å². The number of amides is 2. The average molecular weight is 429 g/mol. The highest BCUT2D eigenvalue weighted by atomic mass is 32.1. The number of rotatable bonds is 9. The number of anilines is 1. The summed E-state index contributed by atoms with van der Waals surface area (Å²) >= 11 is 1.49. The number of fused-ring (bicyclic) bond motifs is 1. The summed E-state index contributed by atoms with van der Waals surface area (Å²) in [7, 11) is 0. The van der Waals surface area contributed by atoms with Gasteiger partial charge in [0, 0.05) is 24.3 Å². The standard InChI is InChI=1S/C23H28N2O4S/c1-2-15-11-12-17-18(13-15)30-23(25-19(26)9-6-10-20(27)28)21(17)22(29)24-14-16-7-4-3-5-8-16/h3-5,7-8,15H,2,6,9-14H2,1H3,(H,24,29)(H,25,26)(H,27,28)/t15-/m1/s1. The highest BCUT2D eigenvalue weighted by Gasteiger charge is 2.29. The summed E-state index contributed by atoms with van der Waals surface area (Å²) < 4.78 is 0. The molecular weight excluding hydrogens is 400 g/mol. The minimum absolute atomic E-state index is 0.0447. The third kappa shape index (κ3) is 5.69. The Balaban J connectivity index is 1.77. The van der Waals surface area contributed by atoms with Crippen molar-refractivity contribution in [3.63, 3.8) is 0 Å². The molecule has 1 heterocycles.